The lowest BCUT2D eigenvalue weighted by molar-refractivity contribution is 0.0256. The number of benzene rings is 3. The number of phenols is 2. The summed E-state index contributed by atoms with van der Waals surface area (Å²) in [6, 6.07) is 18.8. The molecule has 3 aromatic carbocycles. The summed E-state index contributed by atoms with van der Waals surface area (Å²) in [7, 11) is 1.45. The maximum atomic E-state index is 14.0. The summed E-state index contributed by atoms with van der Waals surface area (Å²) in [4.78, 5) is 20.4. The number of ether oxygens (including phenoxy) is 2. The number of aromatic nitrogens is 1. The molecule has 10 heteroatoms. The molecule has 5 N–H and O–H groups in total. The van der Waals surface area contributed by atoms with Crippen molar-refractivity contribution >= 4 is 16.8 Å². The van der Waals surface area contributed by atoms with E-state index in [1.807, 2.05) is 0 Å². The fraction of sp³-hybridized carbons (Fsp3) is 0.444. The summed E-state index contributed by atoms with van der Waals surface area (Å²) in [6.45, 7) is 6.30. The number of nitrogens with zero attached hydrogens (tertiary/aromatic N) is 1. The number of H-pyrrole nitrogens is 1. The zero-order valence-electron chi connectivity index (χ0n) is 32.0. The molecule has 0 spiro atoms. The first kappa shape index (κ1) is 37.0. The van der Waals surface area contributed by atoms with Crippen LogP contribution in [0.4, 0.5) is 5.82 Å². The summed E-state index contributed by atoms with van der Waals surface area (Å²) in [6.07, 6.45) is 9.53. The number of methoxy groups -OCH3 is 1. The quantitative estimate of drug-likeness (QED) is 0.0860. The Labute approximate surface area is 322 Å². The highest BCUT2D eigenvalue weighted by Crippen LogP contribution is 2.48. The van der Waals surface area contributed by atoms with E-state index in [1.165, 1.54) is 68.1 Å². The molecule has 290 valence electrons. The van der Waals surface area contributed by atoms with Gasteiger partial charge in [0.1, 0.15) is 28.3 Å². The number of aromatic hydroxyl groups is 2. The van der Waals surface area contributed by atoms with Crippen molar-refractivity contribution in [3.63, 3.8) is 0 Å². The fourth-order valence-electron chi connectivity index (χ4n) is 9.05. The zero-order chi connectivity index (χ0) is 38.2. The SMILES string of the molecule is COc1c(O)c(CCc2cccc(-c3cc(C4(C)CCCC4)[nH]c3N3CCNCC3)c2)c2oc(-c3ccc(O)cc3)cc(=O)c2c1OCCC1(O)CCCC1. The number of nitrogens with one attached hydrogen (secondary N) is 2. The van der Waals surface area contributed by atoms with E-state index in [-0.39, 0.29) is 51.4 Å². The molecular weight excluding hydrogens is 695 g/mol. The van der Waals surface area contributed by atoms with E-state index in [2.05, 4.69) is 52.5 Å². The van der Waals surface area contributed by atoms with Crippen molar-refractivity contribution in [2.24, 2.45) is 0 Å². The van der Waals surface area contributed by atoms with E-state index >= 15 is 0 Å². The smallest absolute Gasteiger partial charge is 0.204 e. The molecule has 10 nitrogen and oxygen atoms in total. The summed E-state index contributed by atoms with van der Waals surface area (Å²) in [5.74, 6) is 1.60. The number of hydrogen-bond acceptors (Lipinski definition) is 9. The van der Waals surface area contributed by atoms with Crippen LogP contribution in [0.25, 0.3) is 33.4 Å². The highest BCUT2D eigenvalue weighted by molar-refractivity contribution is 5.93. The Morgan fingerprint density at radius 1 is 0.873 bits per heavy atom. The van der Waals surface area contributed by atoms with Gasteiger partial charge in [0.2, 0.25) is 5.75 Å². The molecule has 2 aromatic heterocycles. The van der Waals surface area contributed by atoms with Crippen LogP contribution in [-0.2, 0) is 18.3 Å². The molecule has 8 rings (SSSR count). The number of anilines is 1. The van der Waals surface area contributed by atoms with Crippen LogP contribution in [0.1, 0.15) is 81.5 Å². The van der Waals surface area contributed by atoms with E-state index < -0.39 is 5.60 Å². The van der Waals surface area contributed by atoms with Gasteiger partial charge in [0, 0.05) is 66.5 Å². The highest BCUT2D eigenvalue weighted by Gasteiger charge is 2.34. The van der Waals surface area contributed by atoms with Crippen LogP contribution in [-0.4, -0.2) is 65.8 Å². The Bertz CT molecular complexity index is 2200. The molecule has 5 aromatic rings. The molecular formula is C45H53N3O7. The van der Waals surface area contributed by atoms with Crippen molar-refractivity contribution in [2.45, 2.75) is 88.6 Å². The molecule has 1 saturated heterocycles. The van der Waals surface area contributed by atoms with Gasteiger partial charge in [0.05, 0.1) is 19.3 Å². The Kier molecular flexibility index (Phi) is 10.3. The second-order valence-corrected chi connectivity index (χ2v) is 16.1. The van der Waals surface area contributed by atoms with Gasteiger partial charge in [-0.25, -0.2) is 0 Å². The van der Waals surface area contributed by atoms with Gasteiger partial charge in [0.25, 0.3) is 0 Å². The van der Waals surface area contributed by atoms with Crippen molar-refractivity contribution < 1.29 is 29.2 Å². The number of piperazine rings is 1. The maximum absolute atomic E-state index is 14.0. The van der Waals surface area contributed by atoms with Gasteiger partial charge in [0.15, 0.2) is 16.9 Å². The lowest BCUT2D eigenvalue weighted by Gasteiger charge is -2.30. The first-order valence-corrected chi connectivity index (χ1v) is 20.0. The van der Waals surface area contributed by atoms with Crippen molar-refractivity contribution in [3.8, 4) is 45.4 Å². The molecule has 0 bridgehead atoms. The number of fused-ring (bicyclic) bond motifs is 1. The number of hydrogen-bond donors (Lipinski definition) is 5. The van der Waals surface area contributed by atoms with Gasteiger partial charge < -0.3 is 44.4 Å². The Hall–Kier alpha value is -4.93. The van der Waals surface area contributed by atoms with E-state index in [0.717, 1.165) is 50.1 Å². The van der Waals surface area contributed by atoms with Crippen molar-refractivity contribution in [1.29, 1.82) is 0 Å². The van der Waals surface area contributed by atoms with E-state index in [1.54, 1.807) is 12.1 Å². The van der Waals surface area contributed by atoms with Crippen LogP contribution >= 0.6 is 0 Å². The van der Waals surface area contributed by atoms with Crippen molar-refractivity contribution in [3.05, 3.63) is 87.7 Å². The zero-order valence-corrected chi connectivity index (χ0v) is 32.0. The van der Waals surface area contributed by atoms with Crippen molar-refractivity contribution in [1.82, 2.24) is 10.3 Å². The van der Waals surface area contributed by atoms with Gasteiger partial charge in [-0.3, -0.25) is 4.79 Å². The van der Waals surface area contributed by atoms with Gasteiger partial charge in [-0.2, -0.15) is 0 Å². The normalized spacial score (nSPS) is 17.9. The van der Waals surface area contributed by atoms with Crippen LogP contribution in [0.3, 0.4) is 0 Å². The van der Waals surface area contributed by atoms with E-state index in [0.29, 0.717) is 49.0 Å². The molecule has 55 heavy (non-hydrogen) atoms. The minimum absolute atomic E-state index is 0.0697. The monoisotopic (exact) mass is 747 g/mol. The molecule has 2 aliphatic carbocycles. The molecule has 3 fully saturated rings. The third kappa shape index (κ3) is 7.42. The molecule has 1 aliphatic heterocycles. The summed E-state index contributed by atoms with van der Waals surface area (Å²) < 4.78 is 18.5. The first-order valence-electron chi connectivity index (χ1n) is 20.0. The number of aromatic amines is 1. The fourth-order valence-corrected chi connectivity index (χ4v) is 9.05. The Morgan fingerprint density at radius 2 is 1.60 bits per heavy atom. The van der Waals surface area contributed by atoms with Crippen LogP contribution in [0.5, 0.6) is 23.0 Å². The number of aryl methyl sites for hydroxylation is 2. The highest BCUT2D eigenvalue weighted by atomic mass is 16.5. The van der Waals surface area contributed by atoms with Crippen LogP contribution in [0, 0.1) is 0 Å². The molecule has 0 unspecified atom stereocenters. The first-order chi connectivity index (χ1) is 26.6. The summed E-state index contributed by atoms with van der Waals surface area (Å²) in [5, 5.41) is 36.5. The molecule has 2 saturated carbocycles. The maximum Gasteiger partial charge on any atom is 0.204 e. The van der Waals surface area contributed by atoms with Crippen molar-refractivity contribution in [2.75, 3.05) is 44.8 Å². The van der Waals surface area contributed by atoms with Crippen LogP contribution < -0.4 is 25.1 Å². The van der Waals surface area contributed by atoms with Gasteiger partial charge in [-0.1, -0.05) is 56.9 Å². The molecule has 0 atom stereocenters. The number of rotatable bonds is 12. The Morgan fingerprint density at radius 3 is 2.33 bits per heavy atom. The van der Waals surface area contributed by atoms with Crippen LogP contribution in [0.2, 0.25) is 0 Å². The second kappa shape index (κ2) is 15.3. The Balaban J connectivity index is 1.16. The molecule has 3 aliphatic rings. The van der Waals surface area contributed by atoms with Gasteiger partial charge in [-0.15, -0.1) is 0 Å². The average Bonchev–Trinajstić information content (AvgIpc) is 3.96. The number of aliphatic hydroxyl groups is 1. The largest absolute Gasteiger partial charge is 0.508 e. The average molecular weight is 748 g/mol. The standard InChI is InChI=1S/C45H53N3O7/c1-44(16-3-4-17-44)37-27-34(43(47-37)48-23-21-46-22-24-48)31-9-7-8-29(26-31)10-15-33-39(51)42(53-2)41(54-25-20-45(52)18-5-6-19-45)38-35(50)28-36(55-40(33)38)30-11-13-32(49)14-12-30/h7-9,11-14,26-28,46-47,49,51-52H,3-6,10,15-25H2,1-2H3. The summed E-state index contributed by atoms with van der Waals surface area (Å²) in [5.41, 5.74) is 4.98. The predicted molar refractivity (Wildman–Crippen MR) is 216 cm³/mol. The minimum atomic E-state index is -0.807. The van der Waals surface area contributed by atoms with Gasteiger partial charge in [-0.05, 0) is 80.0 Å². The minimum Gasteiger partial charge on any atom is -0.508 e. The second-order valence-electron chi connectivity index (χ2n) is 16.1. The molecule has 0 amide bonds. The topological polar surface area (TPSA) is 140 Å². The molecule has 0 radical (unpaired) electrons. The van der Waals surface area contributed by atoms with E-state index in [9.17, 15) is 20.1 Å². The molecule has 3 heterocycles. The van der Waals surface area contributed by atoms with Crippen LogP contribution in [0.15, 0.2) is 69.9 Å². The predicted octanol–water partition coefficient (Wildman–Crippen LogP) is 7.98. The third-order valence-corrected chi connectivity index (χ3v) is 12.3. The van der Waals surface area contributed by atoms with E-state index in [4.69, 9.17) is 13.9 Å². The van der Waals surface area contributed by atoms with Gasteiger partial charge >= 0.3 is 0 Å². The third-order valence-electron chi connectivity index (χ3n) is 12.3. The lowest BCUT2D eigenvalue weighted by Crippen LogP contribution is -2.43. The lowest BCUT2D eigenvalue weighted by atomic mass is 9.85. The summed E-state index contributed by atoms with van der Waals surface area (Å²) >= 11 is 0. The number of phenolic OH excluding ortho intramolecular Hbond substituents is 2.